The predicted octanol–water partition coefficient (Wildman–Crippen LogP) is 6.73. The van der Waals surface area contributed by atoms with E-state index in [1.165, 1.54) is 13.3 Å². The molecular formula is C29H23BrCl2N2O4. The van der Waals surface area contributed by atoms with Gasteiger partial charge in [0.2, 0.25) is 0 Å². The number of ether oxygens (including phenoxy) is 2. The highest BCUT2D eigenvalue weighted by molar-refractivity contribution is 9.10. The minimum atomic E-state index is -1.94. The van der Waals surface area contributed by atoms with Crippen molar-refractivity contribution in [3.8, 4) is 11.5 Å². The van der Waals surface area contributed by atoms with Crippen molar-refractivity contribution in [2.75, 3.05) is 7.11 Å². The highest BCUT2D eigenvalue weighted by Crippen LogP contribution is 2.34. The first kappa shape index (κ1) is 27.7. The Morgan fingerprint density at radius 3 is 2.18 bits per heavy atom. The summed E-state index contributed by atoms with van der Waals surface area (Å²) in [6.07, 6.45) is 1.45. The van der Waals surface area contributed by atoms with E-state index in [0.717, 1.165) is 5.56 Å². The largest absolute Gasteiger partial charge is 0.493 e. The van der Waals surface area contributed by atoms with Crippen LogP contribution in [0.25, 0.3) is 0 Å². The van der Waals surface area contributed by atoms with Gasteiger partial charge in [0.05, 0.1) is 13.3 Å². The van der Waals surface area contributed by atoms with E-state index in [1.807, 2.05) is 12.1 Å². The van der Waals surface area contributed by atoms with Crippen LogP contribution >= 0.6 is 39.1 Å². The van der Waals surface area contributed by atoms with E-state index >= 15 is 0 Å². The fourth-order valence-electron chi connectivity index (χ4n) is 3.75. The lowest BCUT2D eigenvalue weighted by molar-refractivity contribution is -0.136. The third-order valence-electron chi connectivity index (χ3n) is 5.76. The minimum absolute atomic E-state index is 0.208. The summed E-state index contributed by atoms with van der Waals surface area (Å²) in [5.41, 5.74) is 2.76. The number of carbonyl (C=O) groups is 1. The zero-order chi connectivity index (χ0) is 27.1. The number of rotatable bonds is 9. The van der Waals surface area contributed by atoms with Gasteiger partial charge in [0.15, 0.2) is 17.1 Å². The van der Waals surface area contributed by atoms with Crippen LogP contribution in [0.15, 0.2) is 101 Å². The lowest BCUT2D eigenvalue weighted by Crippen LogP contribution is -2.43. The van der Waals surface area contributed by atoms with E-state index in [0.29, 0.717) is 42.7 Å². The van der Waals surface area contributed by atoms with Gasteiger partial charge in [-0.15, -0.1) is 0 Å². The van der Waals surface area contributed by atoms with Crippen LogP contribution in [0.5, 0.6) is 11.5 Å². The molecule has 0 fully saturated rings. The molecule has 9 heteroatoms. The Kier molecular flexibility index (Phi) is 9.07. The molecule has 4 rings (SSSR count). The molecule has 0 bridgehead atoms. The Hall–Kier alpha value is -3.36. The fourth-order valence-corrected chi connectivity index (χ4v) is 4.63. The molecule has 0 aliphatic rings. The molecule has 0 heterocycles. The average Bonchev–Trinajstić information content (AvgIpc) is 2.94. The van der Waals surface area contributed by atoms with Gasteiger partial charge in [-0.05, 0) is 51.3 Å². The highest BCUT2D eigenvalue weighted by Gasteiger charge is 2.39. The molecule has 0 saturated carbocycles. The topological polar surface area (TPSA) is 80.2 Å². The van der Waals surface area contributed by atoms with E-state index in [4.69, 9.17) is 32.7 Å². The lowest BCUT2D eigenvalue weighted by atomic mass is 9.85. The number of benzene rings is 4. The minimum Gasteiger partial charge on any atom is -0.493 e. The number of hydrogen-bond acceptors (Lipinski definition) is 5. The van der Waals surface area contributed by atoms with Crippen molar-refractivity contribution in [3.63, 3.8) is 0 Å². The second-order valence-corrected chi connectivity index (χ2v) is 9.89. The number of nitrogens with zero attached hydrogens (tertiary/aromatic N) is 1. The number of hydrogen-bond donors (Lipinski definition) is 2. The second kappa shape index (κ2) is 12.5. The van der Waals surface area contributed by atoms with E-state index in [2.05, 4.69) is 26.5 Å². The highest BCUT2D eigenvalue weighted by atomic mass is 79.9. The van der Waals surface area contributed by atoms with Crippen molar-refractivity contribution in [2.45, 2.75) is 12.2 Å². The Morgan fingerprint density at radius 2 is 1.61 bits per heavy atom. The predicted molar refractivity (Wildman–Crippen MR) is 153 cm³/mol. The quantitative estimate of drug-likeness (QED) is 0.162. The van der Waals surface area contributed by atoms with Crippen LogP contribution in [0.1, 0.15) is 22.3 Å². The summed E-state index contributed by atoms with van der Waals surface area (Å²) in [4.78, 5) is 13.2. The molecule has 0 radical (unpaired) electrons. The average molecular weight is 614 g/mol. The first-order valence-corrected chi connectivity index (χ1v) is 13.0. The van der Waals surface area contributed by atoms with Gasteiger partial charge >= 0.3 is 0 Å². The number of hydrazone groups is 1. The molecule has 38 heavy (non-hydrogen) atoms. The molecule has 194 valence electrons. The van der Waals surface area contributed by atoms with Crippen molar-refractivity contribution in [1.29, 1.82) is 0 Å². The van der Waals surface area contributed by atoms with Crippen LogP contribution in [0.3, 0.4) is 0 Å². The standard InChI is InChI=1S/C29H23BrCl2N2O4/c1-37-26-14-20(24(30)16-27(26)38-18-19-12-13-23(31)15-25(19)32)17-33-34-28(35)29(36,21-8-4-2-5-9-21)22-10-6-3-7-11-22/h2-17,36H,18H2,1H3,(H,34,35)/b33-17+. The summed E-state index contributed by atoms with van der Waals surface area (Å²) < 4.78 is 12.1. The Morgan fingerprint density at radius 1 is 0.974 bits per heavy atom. The normalized spacial score (nSPS) is 11.4. The van der Waals surface area contributed by atoms with E-state index in [1.54, 1.807) is 78.9 Å². The number of halogens is 3. The zero-order valence-electron chi connectivity index (χ0n) is 20.2. The van der Waals surface area contributed by atoms with Gasteiger partial charge in [0.25, 0.3) is 5.91 Å². The number of methoxy groups -OCH3 is 1. The number of aliphatic hydroxyl groups is 1. The lowest BCUT2D eigenvalue weighted by Gasteiger charge is -2.27. The van der Waals surface area contributed by atoms with Crippen LogP contribution in [0.2, 0.25) is 10.0 Å². The maximum Gasteiger partial charge on any atom is 0.281 e. The maximum absolute atomic E-state index is 13.2. The van der Waals surface area contributed by atoms with Gasteiger partial charge in [-0.1, -0.05) is 89.9 Å². The Balaban J connectivity index is 1.53. The molecule has 4 aromatic rings. The van der Waals surface area contributed by atoms with Gasteiger partial charge < -0.3 is 14.6 Å². The van der Waals surface area contributed by atoms with Gasteiger partial charge in [-0.3, -0.25) is 4.79 Å². The zero-order valence-corrected chi connectivity index (χ0v) is 23.3. The first-order chi connectivity index (χ1) is 18.3. The summed E-state index contributed by atoms with van der Waals surface area (Å²) in [7, 11) is 1.52. The molecule has 2 N–H and O–H groups in total. The molecule has 0 spiro atoms. The summed E-state index contributed by atoms with van der Waals surface area (Å²) >= 11 is 15.7. The molecule has 0 aromatic heterocycles. The maximum atomic E-state index is 13.2. The summed E-state index contributed by atoms with van der Waals surface area (Å²) in [6.45, 7) is 0.208. The van der Waals surface area contributed by atoms with Crippen molar-refractivity contribution in [3.05, 3.63) is 128 Å². The van der Waals surface area contributed by atoms with Crippen molar-refractivity contribution >= 4 is 51.3 Å². The van der Waals surface area contributed by atoms with Gasteiger partial charge in [0.1, 0.15) is 6.61 Å². The molecule has 0 unspecified atom stereocenters. The number of carbonyl (C=O) groups excluding carboxylic acids is 1. The third-order valence-corrected chi connectivity index (χ3v) is 7.04. The molecule has 0 saturated heterocycles. The number of amides is 1. The summed E-state index contributed by atoms with van der Waals surface area (Å²) in [5.74, 6) is 0.235. The van der Waals surface area contributed by atoms with Crippen molar-refractivity contribution < 1.29 is 19.4 Å². The Bertz CT molecular complexity index is 1410. The van der Waals surface area contributed by atoms with Crippen LogP contribution in [-0.4, -0.2) is 24.3 Å². The molecule has 0 aliphatic heterocycles. The SMILES string of the molecule is COc1cc(/C=N/NC(=O)C(O)(c2ccccc2)c2ccccc2)c(Br)cc1OCc1ccc(Cl)cc1Cl. The Labute approximate surface area is 238 Å². The first-order valence-electron chi connectivity index (χ1n) is 11.4. The number of nitrogens with one attached hydrogen (secondary N) is 1. The van der Waals surface area contributed by atoms with Gasteiger partial charge in [-0.25, -0.2) is 5.43 Å². The van der Waals surface area contributed by atoms with Crippen LogP contribution in [0.4, 0.5) is 0 Å². The fraction of sp³-hybridized carbons (Fsp3) is 0.103. The van der Waals surface area contributed by atoms with E-state index < -0.39 is 11.5 Å². The van der Waals surface area contributed by atoms with E-state index in [9.17, 15) is 9.90 Å². The van der Waals surface area contributed by atoms with Crippen molar-refractivity contribution in [1.82, 2.24) is 5.43 Å². The third kappa shape index (κ3) is 6.19. The molecule has 0 atom stereocenters. The van der Waals surface area contributed by atoms with E-state index in [-0.39, 0.29) is 6.61 Å². The summed E-state index contributed by atoms with van der Waals surface area (Å²) in [6, 6.07) is 26.0. The molecule has 0 aliphatic carbocycles. The molecule has 6 nitrogen and oxygen atoms in total. The van der Waals surface area contributed by atoms with Gasteiger partial charge in [0, 0.05) is 25.6 Å². The van der Waals surface area contributed by atoms with Gasteiger partial charge in [-0.2, -0.15) is 5.10 Å². The molecule has 1 amide bonds. The van der Waals surface area contributed by atoms with Crippen LogP contribution in [0, 0.1) is 0 Å². The monoisotopic (exact) mass is 612 g/mol. The smallest absolute Gasteiger partial charge is 0.281 e. The molecular weight excluding hydrogens is 591 g/mol. The van der Waals surface area contributed by atoms with Crippen LogP contribution < -0.4 is 14.9 Å². The van der Waals surface area contributed by atoms with Crippen LogP contribution in [-0.2, 0) is 17.0 Å². The summed E-state index contributed by atoms with van der Waals surface area (Å²) in [5, 5.41) is 16.7. The second-order valence-electron chi connectivity index (χ2n) is 8.19. The van der Waals surface area contributed by atoms with Crippen molar-refractivity contribution in [2.24, 2.45) is 5.10 Å². The molecule has 4 aromatic carbocycles.